The molecule has 0 bridgehead atoms. The second-order valence-corrected chi connectivity index (χ2v) is 10.4. The average molecular weight is 567 g/mol. The normalized spacial score (nSPS) is 19.3. The molecular weight excluding hydrogens is 544 g/mol. The molecule has 1 fully saturated rings. The van der Waals surface area contributed by atoms with Crippen molar-refractivity contribution in [1.82, 2.24) is 35.4 Å². The summed E-state index contributed by atoms with van der Waals surface area (Å²) >= 11 is 3.71. The van der Waals surface area contributed by atoms with Crippen molar-refractivity contribution in [2.75, 3.05) is 30.4 Å². The summed E-state index contributed by atoms with van der Waals surface area (Å²) in [6.45, 7) is 4.30. The highest BCUT2D eigenvalue weighted by molar-refractivity contribution is 8.01. The topological polar surface area (TPSA) is 217 Å². The van der Waals surface area contributed by atoms with Crippen LogP contribution in [0.4, 0.5) is 5.13 Å². The Morgan fingerprint density at radius 1 is 1.46 bits per heavy atom. The maximum absolute atomic E-state index is 13.0. The number of β-lactam (4-membered cyclic amide) rings is 1. The second-order valence-electron chi connectivity index (χ2n) is 7.47. The van der Waals surface area contributed by atoms with E-state index in [4.69, 9.17) is 16.3 Å². The van der Waals surface area contributed by atoms with Crippen molar-refractivity contribution in [3.8, 4) is 0 Å². The minimum atomic E-state index is -1.24. The smallest absolute Gasteiger partial charge is 0.352 e. The molecule has 4 rings (SSSR count). The van der Waals surface area contributed by atoms with Crippen molar-refractivity contribution in [2.45, 2.75) is 23.1 Å². The van der Waals surface area contributed by atoms with Gasteiger partial charge in [0.1, 0.15) is 29.4 Å². The molecule has 2 aromatic heterocycles. The fourth-order valence-electron chi connectivity index (χ4n) is 3.46. The van der Waals surface area contributed by atoms with Gasteiger partial charge in [0, 0.05) is 23.4 Å². The molecule has 1 saturated heterocycles. The van der Waals surface area contributed by atoms with Crippen LogP contribution in [0, 0.1) is 0 Å². The van der Waals surface area contributed by atoms with Crippen LogP contribution in [0.1, 0.15) is 5.69 Å². The number of carboxylic acid groups (broad SMARTS) is 1. The van der Waals surface area contributed by atoms with E-state index < -0.39 is 29.2 Å². The number of carbonyl (C=O) groups is 3. The molecule has 2 aliphatic heterocycles. The molecule has 2 atom stereocenters. The molecule has 6 N–H and O–H groups in total. The number of nitrogens with one attached hydrogen (secondary N) is 1. The van der Waals surface area contributed by atoms with Gasteiger partial charge in [0.15, 0.2) is 10.8 Å². The lowest BCUT2D eigenvalue weighted by atomic mass is 10.0. The molecule has 2 aromatic rings. The van der Waals surface area contributed by atoms with Crippen LogP contribution in [0.2, 0.25) is 0 Å². The van der Waals surface area contributed by atoms with Gasteiger partial charge in [0.05, 0.1) is 6.54 Å². The number of amides is 2. The number of hydrogen-bond acceptors (Lipinski definition) is 14. The van der Waals surface area contributed by atoms with E-state index in [1.807, 2.05) is 0 Å². The van der Waals surface area contributed by atoms with Gasteiger partial charge in [0.25, 0.3) is 11.8 Å². The number of aliphatic carboxylic acids is 1. The predicted octanol–water partition coefficient (Wildman–Crippen LogP) is -0.892. The SMILES string of the molecule is C=CCn1nnnc1SCC1=C(C(=O)O)N2C(=O)C(NC(=O)C(=NOCCN)c3csc(N)n3)[C@H]2SC1. The number of nitrogen functional groups attached to an aromatic ring is 1. The molecule has 37 heavy (non-hydrogen) atoms. The first kappa shape index (κ1) is 26.6. The minimum Gasteiger partial charge on any atom is -0.477 e. The molecule has 0 aromatic carbocycles. The molecule has 4 heterocycles. The number of nitrogens with zero attached hydrogens (tertiary/aromatic N) is 7. The molecule has 15 nitrogen and oxygen atoms in total. The van der Waals surface area contributed by atoms with Gasteiger partial charge in [-0.15, -0.1) is 34.8 Å². The van der Waals surface area contributed by atoms with Gasteiger partial charge in [-0.05, 0) is 16.0 Å². The van der Waals surface area contributed by atoms with Gasteiger partial charge >= 0.3 is 5.97 Å². The number of nitrogens with two attached hydrogens (primary N) is 2. The van der Waals surface area contributed by atoms with Gasteiger partial charge in [-0.25, -0.2) is 14.5 Å². The second kappa shape index (κ2) is 11.7. The number of thiazole rings is 1. The third-order valence-corrected chi connectivity index (χ3v) is 8.11. The fourth-order valence-corrected chi connectivity index (χ4v) is 6.38. The highest BCUT2D eigenvalue weighted by Crippen LogP contribution is 2.41. The molecule has 0 saturated carbocycles. The fraction of sp³-hybridized carbons (Fsp3) is 0.368. The van der Waals surface area contributed by atoms with Gasteiger partial charge in [0.2, 0.25) is 5.16 Å². The quantitative estimate of drug-likeness (QED) is 0.0613. The summed E-state index contributed by atoms with van der Waals surface area (Å²) in [5.74, 6) is -1.90. The lowest BCUT2D eigenvalue weighted by molar-refractivity contribution is -0.150. The Labute approximate surface area is 222 Å². The van der Waals surface area contributed by atoms with Crippen LogP contribution < -0.4 is 16.8 Å². The van der Waals surface area contributed by atoms with Gasteiger partial charge in [-0.2, -0.15) is 0 Å². The number of oxime groups is 1. The first-order valence-electron chi connectivity index (χ1n) is 10.7. The number of carboxylic acids is 1. The van der Waals surface area contributed by atoms with Crippen molar-refractivity contribution in [1.29, 1.82) is 0 Å². The first-order chi connectivity index (χ1) is 17.8. The molecule has 2 amide bonds. The maximum atomic E-state index is 13.0. The minimum absolute atomic E-state index is 0.0680. The monoisotopic (exact) mass is 566 g/mol. The third kappa shape index (κ3) is 5.60. The van der Waals surface area contributed by atoms with E-state index in [1.54, 1.807) is 6.08 Å². The summed E-state index contributed by atoms with van der Waals surface area (Å²) in [7, 11) is 0. The summed E-state index contributed by atoms with van der Waals surface area (Å²) in [4.78, 5) is 48.4. The predicted molar refractivity (Wildman–Crippen MR) is 136 cm³/mol. The van der Waals surface area contributed by atoms with Crippen LogP contribution in [0.3, 0.4) is 0 Å². The highest BCUT2D eigenvalue weighted by Gasteiger charge is 2.54. The molecule has 2 aliphatic rings. The number of aromatic nitrogens is 5. The van der Waals surface area contributed by atoms with E-state index in [0.717, 1.165) is 11.3 Å². The Morgan fingerprint density at radius 2 is 2.27 bits per heavy atom. The van der Waals surface area contributed by atoms with Crippen LogP contribution in [0.25, 0.3) is 0 Å². The number of fused-ring (bicyclic) bond motifs is 1. The molecule has 0 spiro atoms. The zero-order valence-electron chi connectivity index (χ0n) is 19.1. The van der Waals surface area contributed by atoms with Gasteiger partial charge in [-0.1, -0.05) is 23.0 Å². The number of carbonyl (C=O) groups excluding carboxylic acids is 2. The summed E-state index contributed by atoms with van der Waals surface area (Å²) in [5.41, 5.74) is 11.5. The number of thioether (sulfide) groups is 2. The molecular formula is C19H22N10O5S3. The van der Waals surface area contributed by atoms with Crippen LogP contribution in [-0.2, 0) is 25.8 Å². The van der Waals surface area contributed by atoms with E-state index in [-0.39, 0.29) is 41.1 Å². The van der Waals surface area contributed by atoms with Crippen molar-refractivity contribution < 1.29 is 24.3 Å². The van der Waals surface area contributed by atoms with Crippen LogP contribution in [-0.4, -0.2) is 94.8 Å². The summed E-state index contributed by atoms with van der Waals surface area (Å²) in [6, 6.07) is -0.961. The Morgan fingerprint density at radius 3 is 2.95 bits per heavy atom. The number of rotatable bonds is 12. The van der Waals surface area contributed by atoms with E-state index in [9.17, 15) is 19.5 Å². The van der Waals surface area contributed by atoms with E-state index in [2.05, 4.69) is 37.6 Å². The zero-order valence-corrected chi connectivity index (χ0v) is 21.6. The molecule has 1 unspecified atom stereocenters. The molecule has 196 valence electrons. The number of allylic oxidation sites excluding steroid dienone is 1. The van der Waals surface area contributed by atoms with Crippen LogP contribution in [0.15, 0.2) is 39.6 Å². The van der Waals surface area contributed by atoms with Crippen molar-refractivity contribution in [2.24, 2.45) is 10.9 Å². The number of hydrogen-bond donors (Lipinski definition) is 4. The number of anilines is 1. The molecule has 0 aliphatic carbocycles. The molecule has 18 heteroatoms. The summed E-state index contributed by atoms with van der Waals surface area (Å²) in [5, 5.41) is 29.4. The van der Waals surface area contributed by atoms with Crippen LogP contribution >= 0.6 is 34.9 Å². The third-order valence-electron chi connectivity index (χ3n) is 5.06. The Hall–Kier alpha value is -3.48. The summed E-state index contributed by atoms with van der Waals surface area (Å²) in [6.07, 6.45) is 1.64. The average Bonchev–Trinajstić information content (AvgIpc) is 3.51. The Kier molecular flexibility index (Phi) is 8.41. The zero-order chi connectivity index (χ0) is 26.5. The lowest BCUT2D eigenvalue weighted by Gasteiger charge is -2.49. The first-order valence-corrected chi connectivity index (χ1v) is 13.6. The number of tetrazole rings is 1. The van der Waals surface area contributed by atoms with E-state index in [0.29, 0.717) is 23.0 Å². The lowest BCUT2D eigenvalue weighted by Crippen LogP contribution is -2.71. The highest BCUT2D eigenvalue weighted by atomic mass is 32.2. The standard InChI is InChI=1S/C19H22N10O5S3/c1-2-4-28-19(24-26-27-28)37-7-9-6-35-16-12(15(31)29(16)13(9)17(32)33)23-14(30)11(25-34-5-3-20)10-8-36-18(21)22-10/h2,8,12,16H,1,3-7,20H2,(H2,21,22)(H,23,30)(H,32,33)/t12?,16-/m1/s1. The largest absolute Gasteiger partial charge is 0.477 e. The van der Waals surface area contributed by atoms with E-state index in [1.165, 1.54) is 38.5 Å². The maximum Gasteiger partial charge on any atom is 0.352 e. The van der Waals surface area contributed by atoms with Crippen molar-refractivity contribution in [3.63, 3.8) is 0 Å². The Balaban J connectivity index is 1.48. The van der Waals surface area contributed by atoms with Crippen LogP contribution in [0.5, 0.6) is 0 Å². The van der Waals surface area contributed by atoms with E-state index >= 15 is 0 Å². The summed E-state index contributed by atoms with van der Waals surface area (Å²) < 4.78 is 1.53. The van der Waals surface area contributed by atoms with Crippen molar-refractivity contribution in [3.05, 3.63) is 35.0 Å². The Bertz CT molecular complexity index is 1270. The van der Waals surface area contributed by atoms with Gasteiger partial charge in [-0.3, -0.25) is 14.5 Å². The molecule has 0 radical (unpaired) electrons. The van der Waals surface area contributed by atoms with Gasteiger partial charge < -0.3 is 26.7 Å². The van der Waals surface area contributed by atoms with Crippen molar-refractivity contribution >= 4 is 63.5 Å².